The standard InChI is InChI=1S/C16H23F3N2/c1-2-20-12-13-8-10-21(11-9-13)15(16(17,18)19)14-6-4-3-5-7-14/h3-7,13,15,20H,2,8-12H2,1H3. The van der Waals surface area contributed by atoms with Crippen LogP contribution in [0.5, 0.6) is 0 Å². The molecule has 1 saturated heterocycles. The van der Waals surface area contributed by atoms with Crippen LogP contribution in [0.25, 0.3) is 0 Å². The predicted octanol–water partition coefficient (Wildman–Crippen LogP) is 3.61. The molecule has 1 unspecified atom stereocenters. The van der Waals surface area contributed by atoms with Gasteiger partial charge >= 0.3 is 6.18 Å². The van der Waals surface area contributed by atoms with Crippen molar-refractivity contribution in [3.63, 3.8) is 0 Å². The molecule has 1 aliphatic rings. The predicted molar refractivity (Wildman–Crippen MR) is 78.1 cm³/mol. The van der Waals surface area contributed by atoms with Crippen molar-refractivity contribution in [2.24, 2.45) is 5.92 Å². The minimum atomic E-state index is -4.23. The minimum Gasteiger partial charge on any atom is -0.317 e. The van der Waals surface area contributed by atoms with E-state index in [0.29, 0.717) is 24.6 Å². The Labute approximate surface area is 124 Å². The first-order valence-corrected chi connectivity index (χ1v) is 7.58. The fraction of sp³-hybridized carbons (Fsp3) is 0.625. The summed E-state index contributed by atoms with van der Waals surface area (Å²) in [5.41, 5.74) is 0.343. The molecule has 5 heteroatoms. The zero-order valence-corrected chi connectivity index (χ0v) is 12.4. The maximum Gasteiger partial charge on any atom is 0.408 e. The third-order valence-corrected chi connectivity index (χ3v) is 4.12. The summed E-state index contributed by atoms with van der Waals surface area (Å²) in [5, 5.41) is 3.28. The van der Waals surface area contributed by atoms with E-state index in [-0.39, 0.29) is 0 Å². The van der Waals surface area contributed by atoms with Gasteiger partial charge in [-0.05, 0) is 50.5 Å². The highest BCUT2D eigenvalue weighted by atomic mass is 19.4. The largest absolute Gasteiger partial charge is 0.408 e. The van der Waals surface area contributed by atoms with E-state index in [2.05, 4.69) is 5.32 Å². The van der Waals surface area contributed by atoms with Crippen LogP contribution in [0.3, 0.4) is 0 Å². The third kappa shape index (κ3) is 4.45. The molecule has 0 saturated carbocycles. The summed E-state index contributed by atoms with van der Waals surface area (Å²) in [7, 11) is 0. The second-order valence-corrected chi connectivity index (χ2v) is 5.64. The Morgan fingerprint density at radius 2 is 1.81 bits per heavy atom. The molecule has 0 radical (unpaired) electrons. The van der Waals surface area contributed by atoms with E-state index in [0.717, 1.165) is 25.9 Å². The summed E-state index contributed by atoms with van der Waals surface area (Å²) in [6, 6.07) is 6.77. The second-order valence-electron chi connectivity index (χ2n) is 5.64. The van der Waals surface area contributed by atoms with Gasteiger partial charge in [0.25, 0.3) is 0 Å². The number of nitrogens with one attached hydrogen (secondary N) is 1. The molecule has 1 heterocycles. The molecule has 1 fully saturated rings. The lowest BCUT2D eigenvalue weighted by Gasteiger charge is -2.38. The first-order chi connectivity index (χ1) is 10.0. The van der Waals surface area contributed by atoms with E-state index >= 15 is 0 Å². The van der Waals surface area contributed by atoms with Gasteiger partial charge in [0.1, 0.15) is 6.04 Å². The molecule has 0 bridgehead atoms. The zero-order valence-electron chi connectivity index (χ0n) is 12.4. The zero-order chi connectivity index (χ0) is 15.3. The van der Waals surface area contributed by atoms with Crippen molar-refractivity contribution in [2.45, 2.75) is 32.0 Å². The van der Waals surface area contributed by atoms with E-state index in [9.17, 15) is 13.2 Å². The van der Waals surface area contributed by atoms with Gasteiger partial charge in [0, 0.05) is 0 Å². The molecule has 21 heavy (non-hydrogen) atoms. The number of halogens is 3. The summed E-state index contributed by atoms with van der Waals surface area (Å²) >= 11 is 0. The van der Waals surface area contributed by atoms with Gasteiger partial charge in [-0.25, -0.2) is 0 Å². The molecule has 2 nitrogen and oxygen atoms in total. The summed E-state index contributed by atoms with van der Waals surface area (Å²) in [6.07, 6.45) is -2.57. The Hall–Kier alpha value is -1.07. The number of piperidine rings is 1. The van der Waals surface area contributed by atoms with Gasteiger partial charge in [0.2, 0.25) is 0 Å². The Morgan fingerprint density at radius 1 is 1.19 bits per heavy atom. The molecular formula is C16H23F3N2. The summed E-state index contributed by atoms with van der Waals surface area (Å²) in [4.78, 5) is 1.58. The molecule has 1 aromatic rings. The monoisotopic (exact) mass is 300 g/mol. The fourth-order valence-corrected chi connectivity index (χ4v) is 3.01. The number of nitrogens with zero attached hydrogens (tertiary/aromatic N) is 1. The average Bonchev–Trinajstić information content (AvgIpc) is 2.46. The van der Waals surface area contributed by atoms with Gasteiger partial charge in [-0.2, -0.15) is 13.2 Å². The van der Waals surface area contributed by atoms with Crippen molar-refractivity contribution in [1.29, 1.82) is 0 Å². The quantitative estimate of drug-likeness (QED) is 0.893. The lowest BCUT2D eigenvalue weighted by Crippen LogP contribution is -2.44. The molecule has 118 valence electrons. The summed E-state index contributed by atoms with van der Waals surface area (Å²) in [5.74, 6) is 0.492. The van der Waals surface area contributed by atoms with Crippen LogP contribution in [0.15, 0.2) is 30.3 Å². The highest BCUT2D eigenvalue weighted by molar-refractivity contribution is 5.20. The Bertz CT molecular complexity index is 411. The highest BCUT2D eigenvalue weighted by Gasteiger charge is 2.45. The Balaban J connectivity index is 2.04. The van der Waals surface area contributed by atoms with Gasteiger partial charge in [-0.3, -0.25) is 4.90 Å². The molecule has 1 atom stereocenters. The van der Waals surface area contributed by atoms with Crippen LogP contribution in [0, 0.1) is 5.92 Å². The van der Waals surface area contributed by atoms with Gasteiger partial charge in [0.05, 0.1) is 0 Å². The lowest BCUT2D eigenvalue weighted by molar-refractivity contribution is -0.189. The lowest BCUT2D eigenvalue weighted by atomic mass is 9.94. The smallest absolute Gasteiger partial charge is 0.317 e. The molecule has 0 spiro atoms. The van der Waals surface area contributed by atoms with E-state index in [1.807, 2.05) is 6.92 Å². The average molecular weight is 300 g/mol. The van der Waals surface area contributed by atoms with E-state index < -0.39 is 12.2 Å². The molecule has 1 aliphatic heterocycles. The molecule has 0 amide bonds. The topological polar surface area (TPSA) is 15.3 Å². The van der Waals surface area contributed by atoms with Crippen LogP contribution < -0.4 is 5.32 Å². The van der Waals surface area contributed by atoms with Crippen LogP contribution in [-0.2, 0) is 0 Å². The van der Waals surface area contributed by atoms with Crippen molar-refractivity contribution in [3.05, 3.63) is 35.9 Å². The van der Waals surface area contributed by atoms with Gasteiger partial charge in [-0.1, -0.05) is 37.3 Å². The van der Waals surface area contributed by atoms with E-state index in [1.165, 1.54) is 0 Å². The minimum absolute atomic E-state index is 0.343. The van der Waals surface area contributed by atoms with Crippen molar-refractivity contribution in [3.8, 4) is 0 Å². The number of hydrogen-bond donors (Lipinski definition) is 1. The number of likely N-dealkylation sites (tertiary alicyclic amines) is 1. The van der Waals surface area contributed by atoms with Crippen LogP contribution in [0.2, 0.25) is 0 Å². The van der Waals surface area contributed by atoms with Crippen LogP contribution in [-0.4, -0.2) is 37.3 Å². The SMILES string of the molecule is CCNCC1CCN(C(c2ccccc2)C(F)(F)F)CC1. The normalized spacial score (nSPS) is 19.6. The van der Waals surface area contributed by atoms with Crippen LogP contribution in [0.4, 0.5) is 13.2 Å². The van der Waals surface area contributed by atoms with Crippen molar-refractivity contribution < 1.29 is 13.2 Å². The van der Waals surface area contributed by atoms with Gasteiger partial charge < -0.3 is 5.32 Å². The van der Waals surface area contributed by atoms with Crippen molar-refractivity contribution >= 4 is 0 Å². The Morgan fingerprint density at radius 3 is 2.33 bits per heavy atom. The second kappa shape index (κ2) is 7.27. The van der Waals surface area contributed by atoms with Gasteiger partial charge in [0.15, 0.2) is 0 Å². The van der Waals surface area contributed by atoms with Crippen molar-refractivity contribution in [2.75, 3.05) is 26.2 Å². The number of rotatable bonds is 5. The van der Waals surface area contributed by atoms with E-state index in [1.54, 1.807) is 35.2 Å². The maximum absolute atomic E-state index is 13.4. The third-order valence-electron chi connectivity index (χ3n) is 4.12. The molecule has 1 aromatic carbocycles. The summed E-state index contributed by atoms with van der Waals surface area (Å²) < 4.78 is 40.3. The maximum atomic E-state index is 13.4. The first-order valence-electron chi connectivity index (χ1n) is 7.58. The molecule has 0 aliphatic carbocycles. The molecular weight excluding hydrogens is 277 g/mol. The van der Waals surface area contributed by atoms with E-state index in [4.69, 9.17) is 0 Å². The number of hydrogen-bond acceptors (Lipinski definition) is 2. The fourth-order valence-electron chi connectivity index (χ4n) is 3.01. The number of alkyl halides is 3. The van der Waals surface area contributed by atoms with Crippen LogP contribution >= 0.6 is 0 Å². The molecule has 1 N–H and O–H groups in total. The highest BCUT2D eigenvalue weighted by Crippen LogP contribution is 2.39. The molecule has 0 aromatic heterocycles. The van der Waals surface area contributed by atoms with Crippen LogP contribution in [0.1, 0.15) is 31.4 Å². The Kier molecular flexibility index (Phi) is 5.65. The molecule has 2 rings (SSSR count). The first kappa shape index (κ1) is 16.3. The van der Waals surface area contributed by atoms with Gasteiger partial charge in [-0.15, -0.1) is 0 Å². The van der Waals surface area contributed by atoms with Crippen molar-refractivity contribution in [1.82, 2.24) is 10.2 Å². The summed E-state index contributed by atoms with van der Waals surface area (Å²) in [6.45, 7) is 4.89. The number of benzene rings is 1.